The Hall–Kier alpha value is -3.40. The molecule has 164 valence electrons. The number of amides is 4. The monoisotopic (exact) mass is 434 g/mol. The van der Waals surface area contributed by atoms with E-state index in [-0.39, 0.29) is 19.6 Å². The summed E-state index contributed by atoms with van der Waals surface area (Å²) < 4.78 is 39.5. The van der Waals surface area contributed by atoms with Gasteiger partial charge in [-0.15, -0.1) is 0 Å². The highest BCUT2D eigenvalue weighted by molar-refractivity contribution is 6.01. The van der Waals surface area contributed by atoms with Crippen molar-refractivity contribution in [3.63, 3.8) is 0 Å². The number of hydrogen-bond acceptors (Lipinski definition) is 4. The largest absolute Gasteiger partial charge is 0.417 e. The molecule has 0 radical (unpaired) electrons. The van der Waals surface area contributed by atoms with Gasteiger partial charge in [0.15, 0.2) is 0 Å². The summed E-state index contributed by atoms with van der Waals surface area (Å²) in [5.74, 6) is -1.21. The minimum atomic E-state index is -4.62. The van der Waals surface area contributed by atoms with E-state index < -0.39 is 35.1 Å². The maximum Gasteiger partial charge on any atom is 0.417 e. The molecule has 10 heteroatoms. The van der Waals surface area contributed by atoms with Gasteiger partial charge in [0.1, 0.15) is 0 Å². The van der Waals surface area contributed by atoms with Gasteiger partial charge >= 0.3 is 12.2 Å². The number of imide groups is 1. The predicted molar refractivity (Wildman–Crippen MR) is 107 cm³/mol. The van der Waals surface area contributed by atoms with Crippen molar-refractivity contribution in [2.75, 3.05) is 38.0 Å². The second kappa shape index (κ2) is 9.61. The molecule has 3 rings (SSSR count). The molecule has 4 amide bonds. The molecule has 1 aliphatic rings. The molecule has 2 aromatic rings. The summed E-state index contributed by atoms with van der Waals surface area (Å²) in [4.78, 5) is 39.6. The normalized spacial score (nSPS) is 14.7. The first-order valence-corrected chi connectivity index (χ1v) is 9.58. The second-order valence-electron chi connectivity index (χ2n) is 6.98. The van der Waals surface area contributed by atoms with E-state index in [2.05, 4.69) is 10.6 Å². The Morgan fingerprint density at radius 3 is 2.13 bits per heavy atom. The van der Waals surface area contributed by atoms with Crippen LogP contribution < -0.4 is 10.6 Å². The van der Waals surface area contributed by atoms with Crippen molar-refractivity contribution in [1.82, 2.24) is 15.1 Å². The molecule has 0 aromatic heterocycles. The van der Waals surface area contributed by atoms with Gasteiger partial charge in [-0.2, -0.15) is 13.2 Å². The lowest BCUT2D eigenvalue weighted by Gasteiger charge is -2.34. The van der Waals surface area contributed by atoms with E-state index in [0.717, 1.165) is 12.1 Å². The number of anilines is 1. The molecular weight excluding hydrogens is 413 g/mol. The first kappa shape index (κ1) is 22.3. The third kappa shape index (κ3) is 6.05. The summed E-state index contributed by atoms with van der Waals surface area (Å²) in [6, 6.07) is 12.7. The van der Waals surface area contributed by atoms with Gasteiger partial charge in [-0.25, -0.2) is 4.79 Å². The van der Waals surface area contributed by atoms with Crippen molar-refractivity contribution in [3.8, 4) is 0 Å². The predicted octanol–water partition coefficient (Wildman–Crippen LogP) is 2.81. The Bertz CT molecular complexity index is 942. The van der Waals surface area contributed by atoms with Gasteiger partial charge in [-0.1, -0.05) is 30.3 Å². The van der Waals surface area contributed by atoms with Crippen molar-refractivity contribution in [3.05, 3.63) is 65.7 Å². The van der Waals surface area contributed by atoms with Crippen LogP contribution in [0.5, 0.6) is 0 Å². The van der Waals surface area contributed by atoms with Crippen LogP contribution in [-0.4, -0.2) is 60.4 Å². The van der Waals surface area contributed by atoms with Gasteiger partial charge in [0.25, 0.3) is 5.91 Å². The Morgan fingerprint density at radius 1 is 0.871 bits per heavy atom. The number of alkyl halides is 3. The molecule has 0 atom stereocenters. The molecule has 0 aliphatic carbocycles. The average molecular weight is 434 g/mol. The standard InChI is InChI=1S/C21H21F3N4O3/c22-21(23,24)17-9-5-4-8-16(17)19(30)28-12-10-27(11-13-28)14-18(29)26-20(31)25-15-6-2-1-3-7-15/h1-9H,10-14H2,(H2,25,26,29,31). The van der Waals surface area contributed by atoms with Crippen LogP contribution in [0, 0.1) is 0 Å². The summed E-state index contributed by atoms with van der Waals surface area (Å²) in [5, 5.41) is 4.76. The fraction of sp³-hybridized carbons (Fsp3) is 0.286. The van der Waals surface area contributed by atoms with Gasteiger partial charge < -0.3 is 10.2 Å². The number of para-hydroxylation sites is 1. The highest BCUT2D eigenvalue weighted by atomic mass is 19.4. The number of carbonyl (C=O) groups is 3. The number of carbonyl (C=O) groups excluding carboxylic acids is 3. The van der Waals surface area contributed by atoms with E-state index in [4.69, 9.17) is 0 Å². The summed E-state index contributed by atoms with van der Waals surface area (Å²) in [6.07, 6.45) is -4.62. The molecule has 7 nitrogen and oxygen atoms in total. The SMILES string of the molecule is O=C(CN1CCN(C(=O)c2ccccc2C(F)(F)F)CC1)NC(=O)Nc1ccccc1. The minimum absolute atomic E-state index is 0.0661. The number of urea groups is 1. The quantitative estimate of drug-likeness (QED) is 0.776. The number of hydrogen-bond donors (Lipinski definition) is 2. The lowest BCUT2D eigenvalue weighted by atomic mass is 10.1. The summed E-state index contributed by atoms with van der Waals surface area (Å²) in [5.41, 5.74) is -0.816. The maximum atomic E-state index is 13.2. The molecule has 2 N–H and O–H groups in total. The van der Waals surface area contributed by atoms with E-state index in [0.29, 0.717) is 18.8 Å². The molecule has 0 unspecified atom stereocenters. The van der Waals surface area contributed by atoms with E-state index in [1.54, 1.807) is 35.2 Å². The zero-order chi connectivity index (χ0) is 22.4. The molecular formula is C21H21F3N4O3. The maximum absolute atomic E-state index is 13.2. The highest BCUT2D eigenvalue weighted by Crippen LogP contribution is 2.32. The average Bonchev–Trinajstić information content (AvgIpc) is 2.73. The van der Waals surface area contributed by atoms with Gasteiger partial charge in [0, 0.05) is 31.9 Å². The molecule has 0 spiro atoms. The number of nitrogens with zero attached hydrogens (tertiary/aromatic N) is 2. The van der Waals surface area contributed by atoms with Crippen LogP contribution in [-0.2, 0) is 11.0 Å². The topological polar surface area (TPSA) is 81.8 Å². The van der Waals surface area contributed by atoms with Crippen molar-refractivity contribution >= 4 is 23.5 Å². The molecule has 2 aromatic carbocycles. The van der Waals surface area contributed by atoms with Gasteiger partial charge in [0.05, 0.1) is 17.7 Å². The van der Waals surface area contributed by atoms with Crippen molar-refractivity contribution in [2.24, 2.45) is 0 Å². The first-order chi connectivity index (χ1) is 14.7. The molecule has 1 saturated heterocycles. The van der Waals surface area contributed by atoms with E-state index >= 15 is 0 Å². The van der Waals surface area contributed by atoms with Gasteiger partial charge in [-0.3, -0.25) is 19.8 Å². The molecule has 0 saturated carbocycles. The van der Waals surface area contributed by atoms with Crippen LogP contribution in [0.4, 0.5) is 23.7 Å². The van der Waals surface area contributed by atoms with Gasteiger partial charge in [-0.05, 0) is 24.3 Å². The van der Waals surface area contributed by atoms with Crippen LogP contribution in [0.2, 0.25) is 0 Å². The number of piperazine rings is 1. The number of nitrogens with one attached hydrogen (secondary N) is 2. The third-order valence-electron chi connectivity index (χ3n) is 4.77. The minimum Gasteiger partial charge on any atom is -0.336 e. The van der Waals surface area contributed by atoms with Crippen LogP contribution in [0.15, 0.2) is 54.6 Å². The molecule has 1 fully saturated rings. The number of rotatable bonds is 4. The van der Waals surface area contributed by atoms with Crippen molar-refractivity contribution in [2.45, 2.75) is 6.18 Å². The van der Waals surface area contributed by atoms with E-state index in [1.165, 1.54) is 17.0 Å². The van der Waals surface area contributed by atoms with Crippen LogP contribution in [0.3, 0.4) is 0 Å². The fourth-order valence-electron chi connectivity index (χ4n) is 3.25. The van der Waals surface area contributed by atoms with Crippen LogP contribution in [0.25, 0.3) is 0 Å². The van der Waals surface area contributed by atoms with Crippen LogP contribution >= 0.6 is 0 Å². The molecule has 1 heterocycles. The first-order valence-electron chi connectivity index (χ1n) is 9.58. The van der Waals surface area contributed by atoms with Gasteiger partial charge in [0.2, 0.25) is 5.91 Å². The zero-order valence-corrected chi connectivity index (χ0v) is 16.5. The summed E-state index contributed by atoms with van der Waals surface area (Å²) >= 11 is 0. The second-order valence-corrected chi connectivity index (χ2v) is 6.98. The Balaban J connectivity index is 1.49. The fourth-order valence-corrected chi connectivity index (χ4v) is 3.25. The molecule has 31 heavy (non-hydrogen) atoms. The third-order valence-corrected chi connectivity index (χ3v) is 4.77. The van der Waals surface area contributed by atoms with Crippen molar-refractivity contribution < 1.29 is 27.6 Å². The summed E-state index contributed by atoms with van der Waals surface area (Å²) in [6.45, 7) is 0.883. The van der Waals surface area contributed by atoms with E-state index in [9.17, 15) is 27.6 Å². The smallest absolute Gasteiger partial charge is 0.336 e. The Kier molecular flexibility index (Phi) is 6.91. The van der Waals surface area contributed by atoms with Crippen LogP contribution in [0.1, 0.15) is 15.9 Å². The zero-order valence-electron chi connectivity index (χ0n) is 16.5. The number of benzene rings is 2. The Labute approximate surface area is 176 Å². The van der Waals surface area contributed by atoms with E-state index in [1.807, 2.05) is 0 Å². The molecule has 0 bridgehead atoms. The number of halogens is 3. The molecule has 1 aliphatic heterocycles. The van der Waals surface area contributed by atoms with Crippen molar-refractivity contribution in [1.29, 1.82) is 0 Å². The Morgan fingerprint density at radius 2 is 1.48 bits per heavy atom. The lowest BCUT2D eigenvalue weighted by molar-refractivity contribution is -0.138. The lowest BCUT2D eigenvalue weighted by Crippen LogP contribution is -2.52. The summed E-state index contributed by atoms with van der Waals surface area (Å²) in [7, 11) is 0. The highest BCUT2D eigenvalue weighted by Gasteiger charge is 2.36.